The van der Waals surface area contributed by atoms with Gasteiger partial charge in [-0.15, -0.1) is 0 Å². The largest absolute Gasteiger partial charge is 0.375 e. The average Bonchev–Trinajstić information content (AvgIpc) is 2.67. The summed E-state index contributed by atoms with van der Waals surface area (Å²) in [6, 6.07) is 3.81. The van der Waals surface area contributed by atoms with Crippen molar-refractivity contribution in [3.05, 3.63) is 29.6 Å². The summed E-state index contributed by atoms with van der Waals surface area (Å²) in [5.41, 5.74) is 1.72. The minimum absolute atomic E-state index is 0.121. The van der Waals surface area contributed by atoms with Gasteiger partial charge >= 0.3 is 0 Å². The van der Waals surface area contributed by atoms with E-state index in [9.17, 15) is 4.79 Å². The molecule has 0 N–H and O–H groups in total. The van der Waals surface area contributed by atoms with Crippen molar-refractivity contribution in [1.29, 1.82) is 0 Å². The highest BCUT2D eigenvalue weighted by atomic mass is 16.5. The summed E-state index contributed by atoms with van der Waals surface area (Å²) < 4.78 is 5.76. The summed E-state index contributed by atoms with van der Waals surface area (Å²) in [7, 11) is 0. The molecule has 1 aromatic rings. The number of nitrogens with zero attached hydrogens (tertiary/aromatic N) is 1. The first-order chi connectivity index (χ1) is 8.22. The van der Waals surface area contributed by atoms with Gasteiger partial charge in [0.1, 0.15) is 5.69 Å². The number of rotatable bonds is 2. The zero-order valence-electron chi connectivity index (χ0n) is 10.1. The van der Waals surface area contributed by atoms with Crippen molar-refractivity contribution >= 4 is 5.78 Å². The molecule has 17 heavy (non-hydrogen) atoms. The van der Waals surface area contributed by atoms with Crippen molar-refractivity contribution in [2.75, 3.05) is 0 Å². The Morgan fingerprint density at radius 1 is 1.35 bits per heavy atom. The Balaban J connectivity index is 1.78. The van der Waals surface area contributed by atoms with E-state index in [0.717, 1.165) is 31.2 Å². The Morgan fingerprint density at radius 3 is 2.71 bits per heavy atom. The fourth-order valence-electron chi connectivity index (χ4n) is 2.95. The highest BCUT2D eigenvalue weighted by Gasteiger charge is 2.38. The van der Waals surface area contributed by atoms with Gasteiger partial charge in [-0.25, -0.2) is 0 Å². The third-order valence-electron chi connectivity index (χ3n) is 3.83. The molecule has 2 saturated heterocycles. The molecule has 0 radical (unpaired) electrons. The van der Waals surface area contributed by atoms with Crippen LogP contribution in [-0.2, 0) is 4.74 Å². The number of carbonyl (C=O) groups is 1. The molecule has 0 spiro atoms. The summed E-state index contributed by atoms with van der Waals surface area (Å²) in [5, 5.41) is 0. The lowest BCUT2D eigenvalue weighted by Crippen LogP contribution is -2.30. The SMILES string of the molecule is Cc1ccnc(C(=O)C2CC3CCC(C2)O3)c1. The summed E-state index contributed by atoms with van der Waals surface area (Å²) in [4.78, 5) is 16.5. The predicted octanol–water partition coefficient (Wildman–Crippen LogP) is 2.53. The molecule has 3 heterocycles. The van der Waals surface area contributed by atoms with Crippen LogP contribution in [0.25, 0.3) is 0 Å². The number of carbonyl (C=O) groups excluding carboxylic acids is 1. The Labute approximate surface area is 101 Å². The van der Waals surface area contributed by atoms with Gasteiger partial charge in [0.05, 0.1) is 12.2 Å². The number of hydrogen-bond acceptors (Lipinski definition) is 3. The monoisotopic (exact) mass is 231 g/mol. The molecule has 0 aliphatic carbocycles. The molecular weight excluding hydrogens is 214 g/mol. The van der Waals surface area contributed by atoms with Crippen LogP contribution in [0, 0.1) is 12.8 Å². The number of Topliss-reactive ketones (excluding diaryl/α,β-unsaturated/α-hetero) is 1. The van der Waals surface area contributed by atoms with Crippen LogP contribution in [0.1, 0.15) is 41.7 Å². The standard InChI is InChI=1S/C14H17NO2/c1-9-4-5-15-13(6-9)14(16)10-7-11-2-3-12(8-10)17-11/h4-6,10-12H,2-3,7-8H2,1H3. The molecule has 2 fully saturated rings. The third kappa shape index (κ3) is 2.12. The van der Waals surface area contributed by atoms with Gasteiger partial charge in [-0.1, -0.05) is 0 Å². The molecule has 2 bridgehead atoms. The number of fused-ring (bicyclic) bond motifs is 2. The van der Waals surface area contributed by atoms with E-state index in [1.165, 1.54) is 0 Å². The van der Waals surface area contributed by atoms with Gasteiger partial charge in [-0.3, -0.25) is 9.78 Å². The quantitative estimate of drug-likeness (QED) is 0.734. The van der Waals surface area contributed by atoms with Gasteiger partial charge in [0.2, 0.25) is 0 Å². The van der Waals surface area contributed by atoms with Crippen LogP contribution in [0.15, 0.2) is 18.3 Å². The van der Waals surface area contributed by atoms with Crippen LogP contribution in [0.4, 0.5) is 0 Å². The van der Waals surface area contributed by atoms with Crippen molar-refractivity contribution in [3.8, 4) is 0 Å². The summed E-state index contributed by atoms with van der Waals surface area (Å²) in [5.74, 6) is 0.324. The third-order valence-corrected chi connectivity index (χ3v) is 3.83. The maximum absolute atomic E-state index is 12.4. The molecule has 1 aromatic heterocycles. The molecule has 0 amide bonds. The number of aromatic nitrogens is 1. The minimum atomic E-state index is 0.121. The van der Waals surface area contributed by atoms with E-state index in [0.29, 0.717) is 17.9 Å². The molecular formula is C14H17NO2. The molecule has 3 nitrogen and oxygen atoms in total. The van der Waals surface area contributed by atoms with E-state index >= 15 is 0 Å². The van der Waals surface area contributed by atoms with E-state index in [2.05, 4.69) is 4.98 Å². The average molecular weight is 231 g/mol. The Bertz CT molecular complexity index is 432. The van der Waals surface area contributed by atoms with E-state index in [4.69, 9.17) is 4.74 Å². The zero-order chi connectivity index (χ0) is 11.8. The van der Waals surface area contributed by atoms with Crippen molar-refractivity contribution in [2.24, 2.45) is 5.92 Å². The molecule has 2 unspecified atom stereocenters. The molecule has 90 valence electrons. The lowest BCUT2D eigenvalue weighted by atomic mass is 9.89. The molecule has 2 aliphatic heterocycles. The molecule has 3 heteroatoms. The van der Waals surface area contributed by atoms with Crippen molar-refractivity contribution in [3.63, 3.8) is 0 Å². The van der Waals surface area contributed by atoms with Crippen LogP contribution in [0.2, 0.25) is 0 Å². The fraction of sp³-hybridized carbons (Fsp3) is 0.571. The topological polar surface area (TPSA) is 39.2 Å². The van der Waals surface area contributed by atoms with Crippen LogP contribution in [0.5, 0.6) is 0 Å². The minimum Gasteiger partial charge on any atom is -0.375 e. The number of aryl methyl sites for hydroxylation is 1. The normalized spacial score (nSPS) is 31.5. The van der Waals surface area contributed by atoms with Gasteiger partial charge in [-0.2, -0.15) is 0 Å². The Morgan fingerprint density at radius 2 is 2.06 bits per heavy atom. The van der Waals surface area contributed by atoms with Crippen molar-refractivity contribution in [2.45, 2.75) is 44.8 Å². The smallest absolute Gasteiger partial charge is 0.184 e. The first-order valence-electron chi connectivity index (χ1n) is 6.34. The number of ketones is 1. The maximum atomic E-state index is 12.4. The number of ether oxygens (including phenoxy) is 1. The predicted molar refractivity (Wildman–Crippen MR) is 63.9 cm³/mol. The second-order valence-electron chi connectivity index (χ2n) is 5.21. The van der Waals surface area contributed by atoms with Gasteiger partial charge in [0.15, 0.2) is 5.78 Å². The number of pyridine rings is 1. The van der Waals surface area contributed by atoms with Gasteiger partial charge in [-0.05, 0) is 50.3 Å². The van der Waals surface area contributed by atoms with E-state index in [-0.39, 0.29) is 11.7 Å². The fourth-order valence-corrected chi connectivity index (χ4v) is 2.95. The van der Waals surface area contributed by atoms with Gasteiger partial charge in [0, 0.05) is 12.1 Å². The lowest BCUT2D eigenvalue weighted by molar-refractivity contribution is -0.0150. The molecule has 3 rings (SSSR count). The van der Waals surface area contributed by atoms with E-state index in [1.54, 1.807) is 6.20 Å². The van der Waals surface area contributed by atoms with Crippen molar-refractivity contribution in [1.82, 2.24) is 4.98 Å². The van der Waals surface area contributed by atoms with Crippen molar-refractivity contribution < 1.29 is 9.53 Å². The van der Waals surface area contributed by atoms with E-state index < -0.39 is 0 Å². The first kappa shape index (κ1) is 10.9. The Kier molecular flexibility index (Phi) is 2.71. The maximum Gasteiger partial charge on any atom is 0.184 e. The molecule has 2 aliphatic rings. The summed E-state index contributed by atoms with van der Waals surface area (Å²) in [6.45, 7) is 1.99. The van der Waals surface area contributed by atoms with Crippen LogP contribution < -0.4 is 0 Å². The first-order valence-corrected chi connectivity index (χ1v) is 6.34. The molecule has 0 aromatic carbocycles. The molecule has 0 saturated carbocycles. The lowest BCUT2D eigenvalue weighted by Gasteiger charge is -2.27. The Hall–Kier alpha value is -1.22. The number of hydrogen-bond donors (Lipinski definition) is 0. The highest BCUT2D eigenvalue weighted by Crippen LogP contribution is 2.37. The van der Waals surface area contributed by atoms with Crippen LogP contribution in [-0.4, -0.2) is 23.0 Å². The second kappa shape index (κ2) is 4.22. The van der Waals surface area contributed by atoms with E-state index in [1.807, 2.05) is 19.1 Å². The second-order valence-corrected chi connectivity index (χ2v) is 5.21. The van der Waals surface area contributed by atoms with Crippen LogP contribution >= 0.6 is 0 Å². The zero-order valence-corrected chi connectivity index (χ0v) is 10.1. The van der Waals surface area contributed by atoms with Gasteiger partial charge in [0.25, 0.3) is 0 Å². The summed E-state index contributed by atoms with van der Waals surface area (Å²) >= 11 is 0. The van der Waals surface area contributed by atoms with Crippen LogP contribution in [0.3, 0.4) is 0 Å². The molecule has 2 atom stereocenters. The highest BCUT2D eigenvalue weighted by molar-refractivity contribution is 5.96. The summed E-state index contributed by atoms with van der Waals surface area (Å²) in [6.07, 6.45) is 6.35. The van der Waals surface area contributed by atoms with Gasteiger partial charge < -0.3 is 4.74 Å².